The van der Waals surface area contributed by atoms with E-state index in [-0.39, 0.29) is 13.2 Å². The van der Waals surface area contributed by atoms with E-state index >= 15 is 0 Å². The van der Waals surface area contributed by atoms with Crippen molar-refractivity contribution in [2.75, 3.05) is 7.11 Å². The van der Waals surface area contributed by atoms with Crippen molar-refractivity contribution in [2.45, 2.75) is 13.2 Å². The first-order valence-corrected chi connectivity index (χ1v) is 6.67. The standard InChI is InChI=1S/C16H16N2O4/c1-21-15(19)13-7-8-17-14(9-13)10-18-16(20)22-11-12-5-3-2-4-6-12/h2-9H,10-11H2,1H3,(H,18,20). The van der Waals surface area contributed by atoms with E-state index in [0.29, 0.717) is 11.3 Å². The van der Waals surface area contributed by atoms with E-state index in [2.05, 4.69) is 15.0 Å². The molecule has 0 saturated carbocycles. The Morgan fingerprint density at radius 3 is 2.68 bits per heavy atom. The average molecular weight is 300 g/mol. The lowest BCUT2D eigenvalue weighted by Crippen LogP contribution is -2.24. The number of aromatic nitrogens is 1. The Morgan fingerprint density at radius 2 is 1.95 bits per heavy atom. The van der Waals surface area contributed by atoms with Crippen molar-refractivity contribution in [3.63, 3.8) is 0 Å². The average Bonchev–Trinajstić information content (AvgIpc) is 2.58. The molecule has 0 atom stereocenters. The van der Waals surface area contributed by atoms with Crippen molar-refractivity contribution in [3.8, 4) is 0 Å². The Hall–Kier alpha value is -2.89. The molecule has 1 N–H and O–H groups in total. The fourth-order valence-electron chi connectivity index (χ4n) is 1.76. The molecule has 1 aromatic carbocycles. The molecule has 0 bridgehead atoms. The van der Waals surface area contributed by atoms with Gasteiger partial charge in [0.15, 0.2) is 0 Å². The highest BCUT2D eigenvalue weighted by molar-refractivity contribution is 5.89. The third kappa shape index (κ3) is 4.59. The zero-order chi connectivity index (χ0) is 15.8. The van der Waals surface area contributed by atoms with Crippen LogP contribution in [0.2, 0.25) is 0 Å². The van der Waals surface area contributed by atoms with Gasteiger partial charge in [0.25, 0.3) is 0 Å². The molecule has 6 heteroatoms. The van der Waals surface area contributed by atoms with E-state index in [9.17, 15) is 9.59 Å². The minimum absolute atomic E-state index is 0.165. The number of hydrogen-bond donors (Lipinski definition) is 1. The molecular formula is C16H16N2O4. The molecule has 0 fully saturated rings. The number of rotatable bonds is 5. The Morgan fingerprint density at radius 1 is 1.18 bits per heavy atom. The van der Waals surface area contributed by atoms with Crippen LogP contribution in [0.5, 0.6) is 0 Å². The zero-order valence-corrected chi connectivity index (χ0v) is 12.1. The summed E-state index contributed by atoms with van der Waals surface area (Å²) >= 11 is 0. The molecule has 0 saturated heterocycles. The summed E-state index contributed by atoms with van der Waals surface area (Å²) in [5, 5.41) is 2.58. The van der Waals surface area contributed by atoms with Gasteiger partial charge in [-0.2, -0.15) is 0 Å². The molecule has 2 rings (SSSR count). The number of hydrogen-bond acceptors (Lipinski definition) is 5. The molecular weight excluding hydrogens is 284 g/mol. The highest BCUT2D eigenvalue weighted by Gasteiger charge is 2.08. The van der Waals surface area contributed by atoms with E-state index in [1.807, 2.05) is 30.3 Å². The fraction of sp³-hybridized carbons (Fsp3) is 0.188. The van der Waals surface area contributed by atoms with Crippen molar-refractivity contribution in [2.24, 2.45) is 0 Å². The second-order valence-electron chi connectivity index (χ2n) is 4.44. The highest BCUT2D eigenvalue weighted by atomic mass is 16.5. The second kappa shape index (κ2) is 7.78. The van der Waals surface area contributed by atoms with E-state index < -0.39 is 12.1 Å². The molecule has 0 aliphatic heterocycles. The van der Waals surface area contributed by atoms with Gasteiger partial charge in [0.05, 0.1) is 24.9 Å². The number of carbonyl (C=O) groups is 2. The predicted molar refractivity (Wildman–Crippen MR) is 79.0 cm³/mol. The zero-order valence-electron chi connectivity index (χ0n) is 12.1. The summed E-state index contributed by atoms with van der Waals surface area (Å²) in [5.41, 5.74) is 1.83. The first-order chi connectivity index (χ1) is 10.7. The van der Waals surface area contributed by atoms with Gasteiger partial charge in [-0.15, -0.1) is 0 Å². The van der Waals surface area contributed by atoms with Crippen molar-refractivity contribution in [1.82, 2.24) is 10.3 Å². The first-order valence-electron chi connectivity index (χ1n) is 6.67. The topological polar surface area (TPSA) is 77.5 Å². The summed E-state index contributed by atoms with van der Waals surface area (Å²) in [6.45, 7) is 0.362. The number of benzene rings is 1. The quantitative estimate of drug-likeness (QED) is 0.857. The molecule has 6 nitrogen and oxygen atoms in total. The fourth-order valence-corrected chi connectivity index (χ4v) is 1.76. The molecule has 0 radical (unpaired) electrons. The van der Waals surface area contributed by atoms with Crippen LogP contribution in [-0.4, -0.2) is 24.2 Å². The summed E-state index contributed by atoms with van der Waals surface area (Å²) in [4.78, 5) is 27.1. The normalized spacial score (nSPS) is 9.86. The SMILES string of the molecule is COC(=O)c1ccnc(CNC(=O)OCc2ccccc2)c1. The maximum Gasteiger partial charge on any atom is 0.407 e. The molecule has 114 valence electrons. The lowest BCUT2D eigenvalue weighted by Gasteiger charge is -2.07. The van der Waals surface area contributed by atoms with Gasteiger partial charge in [0, 0.05) is 6.20 Å². The van der Waals surface area contributed by atoms with Crippen LogP contribution in [0.3, 0.4) is 0 Å². The number of alkyl carbamates (subject to hydrolysis) is 1. The van der Waals surface area contributed by atoms with Gasteiger partial charge >= 0.3 is 12.1 Å². The number of nitrogens with zero attached hydrogens (tertiary/aromatic N) is 1. The van der Waals surface area contributed by atoms with Gasteiger partial charge in [0.2, 0.25) is 0 Å². The van der Waals surface area contributed by atoms with Crippen LogP contribution < -0.4 is 5.32 Å². The van der Waals surface area contributed by atoms with E-state index in [0.717, 1.165) is 5.56 Å². The number of amides is 1. The van der Waals surface area contributed by atoms with Crippen LogP contribution in [-0.2, 0) is 22.6 Å². The summed E-state index contributed by atoms with van der Waals surface area (Å²) < 4.78 is 9.70. The molecule has 0 aliphatic rings. The van der Waals surface area contributed by atoms with Crippen molar-refractivity contribution in [1.29, 1.82) is 0 Å². The lowest BCUT2D eigenvalue weighted by atomic mass is 10.2. The molecule has 2 aromatic rings. The minimum Gasteiger partial charge on any atom is -0.465 e. The van der Waals surface area contributed by atoms with Crippen LogP contribution in [0.15, 0.2) is 48.7 Å². The number of ether oxygens (including phenoxy) is 2. The van der Waals surface area contributed by atoms with Gasteiger partial charge in [-0.25, -0.2) is 9.59 Å². The van der Waals surface area contributed by atoms with Crippen LogP contribution in [0.25, 0.3) is 0 Å². The monoisotopic (exact) mass is 300 g/mol. The molecule has 0 unspecified atom stereocenters. The Kier molecular flexibility index (Phi) is 5.48. The summed E-state index contributed by atoms with van der Waals surface area (Å²) in [6, 6.07) is 12.5. The third-order valence-electron chi connectivity index (χ3n) is 2.86. The maximum absolute atomic E-state index is 11.6. The van der Waals surface area contributed by atoms with Gasteiger partial charge in [0.1, 0.15) is 6.61 Å². The van der Waals surface area contributed by atoms with E-state index in [1.54, 1.807) is 12.1 Å². The number of pyridine rings is 1. The van der Waals surface area contributed by atoms with Crippen LogP contribution in [0.1, 0.15) is 21.6 Å². The smallest absolute Gasteiger partial charge is 0.407 e. The maximum atomic E-state index is 11.6. The van der Waals surface area contributed by atoms with Crippen molar-refractivity contribution < 1.29 is 19.1 Å². The van der Waals surface area contributed by atoms with E-state index in [1.165, 1.54) is 13.3 Å². The molecule has 0 aliphatic carbocycles. The predicted octanol–water partition coefficient (Wildman–Crippen LogP) is 2.29. The number of carbonyl (C=O) groups excluding carboxylic acids is 2. The van der Waals surface area contributed by atoms with Crippen LogP contribution >= 0.6 is 0 Å². The largest absolute Gasteiger partial charge is 0.465 e. The van der Waals surface area contributed by atoms with Gasteiger partial charge in [-0.1, -0.05) is 30.3 Å². The number of nitrogens with one attached hydrogen (secondary N) is 1. The third-order valence-corrected chi connectivity index (χ3v) is 2.86. The van der Waals surface area contributed by atoms with Gasteiger partial charge < -0.3 is 14.8 Å². The van der Waals surface area contributed by atoms with Crippen LogP contribution in [0.4, 0.5) is 4.79 Å². The molecule has 1 aromatic heterocycles. The first kappa shape index (κ1) is 15.5. The van der Waals surface area contributed by atoms with Crippen molar-refractivity contribution >= 4 is 12.1 Å². The van der Waals surface area contributed by atoms with E-state index in [4.69, 9.17) is 4.74 Å². The number of methoxy groups -OCH3 is 1. The molecule has 1 heterocycles. The molecule has 22 heavy (non-hydrogen) atoms. The highest BCUT2D eigenvalue weighted by Crippen LogP contribution is 2.04. The lowest BCUT2D eigenvalue weighted by molar-refractivity contribution is 0.0600. The van der Waals surface area contributed by atoms with Crippen molar-refractivity contribution in [3.05, 3.63) is 65.5 Å². The Balaban J connectivity index is 1.82. The Bertz CT molecular complexity index is 644. The minimum atomic E-state index is -0.547. The Labute approximate surface area is 128 Å². The summed E-state index contributed by atoms with van der Waals surface area (Å²) in [6.07, 6.45) is 0.938. The van der Waals surface area contributed by atoms with Crippen LogP contribution in [0, 0.1) is 0 Å². The van der Waals surface area contributed by atoms with Gasteiger partial charge in [-0.3, -0.25) is 4.98 Å². The number of esters is 1. The summed E-state index contributed by atoms with van der Waals surface area (Å²) in [7, 11) is 1.31. The molecule has 0 spiro atoms. The van der Waals surface area contributed by atoms with Gasteiger partial charge in [-0.05, 0) is 17.7 Å². The summed E-state index contributed by atoms with van der Waals surface area (Å²) in [5.74, 6) is -0.449. The molecule has 1 amide bonds. The second-order valence-corrected chi connectivity index (χ2v) is 4.44.